The van der Waals surface area contributed by atoms with Crippen LogP contribution in [0.25, 0.3) is 0 Å². The topological polar surface area (TPSA) is 49.8 Å². The molecule has 0 aromatic carbocycles. The van der Waals surface area contributed by atoms with E-state index in [0.717, 1.165) is 32.4 Å². The molecule has 18 heavy (non-hydrogen) atoms. The summed E-state index contributed by atoms with van der Waals surface area (Å²) in [6.45, 7) is 5.05. The minimum absolute atomic E-state index is 0.305. The van der Waals surface area contributed by atoms with Crippen LogP contribution in [0.3, 0.4) is 0 Å². The van der Waals surface area contributed by atoms with Crippen molar-refractivity contribution in [2.45, 2.75) is 57.9 Å². The van der Waals surface area contributed by atoms with E-state index in [2.05, 4.69) is 11.8 Å². The second-order valence-corrected chi connectivity index (χ2v) is 5.06. The van der Waals surface area contributed by atoms with Crippen molar-refractivity contribution in [1.82, 2.24) is 4.90 Å². The maximum absolute atomic E-state index is 11.3. The SMILES string of the molecule is CCCCCCCCC(C(=O)O)N1CCOCC1. The van der Waals surface area contributed by atoms with Gasteiger partial charge in [-0.15, -0.1) is 0 Å². The van der Waals surface area contributed by atoms with Gasteiger partial charge in [0.05, 0.1) is 13.2 Å². The molecule has 1 atom stereocenters. The summed E-state index contributed by atoms with van der Waals surface area (Å²) < 4.78 is 5.26. The first kappa shape index (κ1) is 15.4. The van der Waals surface area contributed by atoms with Crippen LogP contribution in [0.5, 0.6) is 0 Å². The van der Waals surface area contributed by atoms with E-state index < -0.39 is 5.97 Å². The Balaban J connectivity index is 2.19. The van der Waals surface area contributed by atoms with Gasteiger partial charge in [0.2, 0.25) is 0 Å². The van der Waals surface area contributed by atoms with E-state index in [9.17, 15) is 9.90 Å². The molecule has 0 aromatic heterocycles. The van der Waals surface area contributed by atoms with E-state index in [1.165, 1.54) is 25.7 Å². The molecule has 0 amide bonds. The molecule has 1 aliphatic heterocycles. The fraction of sp³-hybridized carbons (Fsp3) is 0.929. The normalized spacial score (nSPS) is 18.7. The maximum Gasteiger partial charge on any atom is 0.320 e. The predicted octanol–water partition coefficient (Wildman–Crippen LogP) is 2.52. The van der Waals surface area contributed by atoms with Gasteiger partial charge in [-0.2, -0.15) is 0 Å². The highest BCUT2D eigenvalue weighted by Crippen LogP contribution is 2.14. The highest BCUT2D eigenvalue weighted by molar-refractivity contribution is 5.73. The summed E-state index contributed by atoms with van der Waals surface area (Å²) in [4.78, 5) is 13.3. The zero-order valence-electron chi connectivity index (χ0n) is 11.6. The maximum atomic E-state index is 11.3. The second-order valence-electron chi connectivity index (χ2n) is 5.06. The first-order chi connectivity index (χ1) is 8.75. The highest BCUT2D eigenvalue weighted by atomic mass is 16.5. The first-order valence-corrected chi connectivity index (χ1v) is 7.30. The Kier molecular flexibility index (Phi) is 8.01. The largest absolute Gasteiger partial charge is 0.480 e. The molecule has 1 aliphatic rings. The van der Waals surface area contributed by atoms with Crippen molar-refractivity contribution in [2.75, 3.05) is 26.3 Å². The van der Waals surface area contributed by atoms with E-state index in [1.54, 1.807) is 0 Å². The smallest absolute Gasteiger partial charge is 0.320 e. The number of ether oxygens (including phenoxy) is 1. The van der Waals surface area contributed by atoms with Gasteiger partial charge in [0, 0.05) is 13.1 Å². The molecule has 4 heteroatoms. The lowest BCUT2D eigenvalue weighted by Crippen LogP contribution is -2.47. The Hall–Kier alpha value is -0.610. The lowest BCUT2D eigenvalue weighted by molar-refractivity contribution is -0.145. The van der Waals surface area contributed by atoms with Crippen LogP contribution in [-0.2, 0) is 9.53 Å². The number of rotatable bonds is 9. The van der Waals surface area contributed by atoms with Crippen molar-refractivity contribution in [3.8, 4) is 0 Å². The predicted molar refractivity (Wildman–Crippen MR) is 71.8 cm³/mol. The fourth-order valence-electron chi connectivity index (χ4n) is 2.47. The van der Waals surface area contributed by atoms with E-state index in [-0.39, 0.29) is 6.04 Å². The summed E-state index contributed by atoms with van der Waals surface area (Å²) in [5.74, 6) is -0.676. The number of carboxylic acid groups (broad SMARTS) is 1. The third-order valence-corrected chi connectivity index (χ3v) is 3.60. The van der Waals surface area contributed by atoms with E-state index in [4.69, 9.17) is 4.74 Å². The summed E-state index contributed by atoms with van der Waals surface area (Å²) in [7, 11) is 0. The van der Waals surface area contributed by atoms with Crippen LogP contribution in [0, 0.1) is 0 Å². The number of hydrogen-bond acceptors (Lipinski definition) is 3. The summed E-state index contributed by atoms with van der Waals surface area (Å²) in [5.41, 5.74) is 0. The van der Waals surface area contributed by atoms with Crippen molar-refractivity contribution in [2.24, 2.45) is 0 Å². The van der Waals surface area contributed by atoms with Crippen LogP contribution in [-0.4, -0.2) is 48.3 Å². The Morgan fingerprint density at radius 3 is 2.39 bits per heavy atom. The van der Waals surface area contributed by atoms with Crippen LogP contribution >= 0.6 is 0 Å². The Labute approximate surface area is 110 Å². The molecular formula is C14H27NO3. The minimum Gasteiger partial charge on any atom is -0.480 e. The Bertz CT molecular complexity index is 227. The molecule has 0 spiro atoms. The number of carbonyl (C=O) groups is 1. The van der Waals surface area contributed by atoms with Gasteiger partial charge in [-0.3, -0.25) is 9.69 Å². The van der Waals surface area contributed by atoms with Gasteiger partial charge in [-0.1, -0.05) is 45.4 Å². The molecule has 4 nitrogen and oxygen atoms in total. The van der Waals surface area contributed by atoms with Gasteiger partial charge >= 0.3 is 5.97 Å². The average molecular weight is 257 g/mol. The number of morpholine rings is 1. The summed E-state index contributed by atoms with van der Waals surface area (Å²) in [5, 5.41) is 9.28. The highest BCUT2D eigenvalue weighted by Gasteiger charge is 2.26. The molecule has 0 saturated carbocycles. The lowest BCUT2D eigenvalue weighted by Gasteiger charge is -2.31. The summed E-state index contributed by atoms with van der Waals surface area (Å²) >= 11 is 0. The monoisotopic (exact) mass is 257 g/mol. The zero-order chi connectivity index (χ0) is 13.2. The second kappa shape index (κ2) is 9.34. The number of hydrogen-bond donors (Lipinski definition) is 1. The molecule has 1 saturated heterocycles. The van der Waals surface area contributed by atoms with Gasteiger partial charge in [-0.25, -0.2) is 0 Å². The molecule has 1 unspecified atom stereocenters. The third kappa shape index (κ3) is 5.83. The standard InChI is InChI=1S/C14H27NO3/c1-2-3-4-5-6-7-8-13(14(16)17)15-9-11-18-12-10-15/h13H,2-12H2,1H3,(H,16,17). The van der Waals surface area contributed by atoms with E-state index in [0.29, 0.717) is 13.2 Å². The minimum atomic E-state index is -0.676. The van der Waals surface area contributed by atoms with Crippen molar-refractivity contribution in [3.05, 3.63) is 0 Å². The van der Waals surface area contributed by atoms with Gasteiger partial charge in [0.1, 0.15) is 6.04 Å². The molecule has 0 aromatic rings. The van der Waals surface area contributed by atoms with Gasteiger partial charge in [0.15, 0.2) is 0 Å². The first-order valence-electron chi connectivity index (χ1n) is 7.30. The molecule has 106 valence electrons. The molecule has 0 radical (unpaired) electrons. The van der Waals surface area contributed by atoms with Crippen molar-refractivity contribution >= 4 is 5.97 Å². The number of nitrogens with zero attached hydrogens (tertiary/aromatic N) is 1. The number of carboxylic acids is 1. The van der Waals surface area contributed by atoms with Crippen LogP contribution in [0.2, 0.25) is 0 Å². The quantitative estimate of drug-likeness (QED) is 0.645. The fourth-order valence-corrected chi connectivity index (χ4v) is 2.47. The molecule has 1 N–H and O–H groups in total. The van der Waals surface area contributed by atoms with Crippen LogP contribution in [0.1, 0.15) is 51.9 Å². The van der Waals surface area contributed by atoms with Gasteiger partial charge < -0.3 is 9.84 Å². The molecule has 1 fully saturated rings. The van der Waals surface area contributed by atoms with Crippen molar-refractivity contribution < 1.29 is 14.6 Å². The molecule has 0 aliphatic carbocycles. The van der Waals surface area contributed by atoms with Crippen LogP contribution in [0.15, 0.2) is 0 Å². The number of aliphatic carboxylic acids is 1. The van der Waals surface area contributed by atoms with Crippen LogP contribution in [0.4, 0.5) is 0 Å². The summed E-state index contributed by atoms with van der Waals surface area (Å²) in [6.07, 6.45) is 8.04. The molecule has 0 bridgehead atoms. The van der Waals surface area contributed by atoms with Crippen molar-refractivity contribution in [3.63, 3.8) is 0 Å². The average Bonchev–Trinajstić information content (AvgIpc) is 2.38. The zero-order valence-corrected chi connectivity index (χ0v) is 11.6. The lowest BCUT2D eigenvalue weighted by atomic mass is 10.0. The van der Waals surface area contributed by atoms with Gasteiger partial charge in [-0.05, 0) is 6.42 Å². The van der Waals surface area contributed by atoms with Crippen molar-refractivity contribution in [1.29, 1.82) is 0 Å². The number of unbranched alkanes of at least 4 members (excludes halogenated alkanes) is 5. The Morgan fingerprint density at radius 2 is 1.78 bits per heavy atom. The molecule has 1 heterocycles. The molecule has 1 rings (SSSR count). The van der Waals surface area contributed by atoms with Crippen LogP contribution < -0.4 is 0 Å². The third-order valence-electron chi connectivity index (χ3n) is 3.60. The molecular weight excluding hydrogens is 230 g/mol. The van der Waals surface area contributed by atoms with E-state index >= 15 is 0 Å². The van der Waals surface area contributed by atoms with Gasteiger partial charge in [0.25, 0.3) is 0 Å². The van der Waals surface area contributed by atoms with E-state index in [1.807, 2.05) is 0 Å². The Morgan fingerprint density at radius 1 is 1.17 bits per heavy atom. The summed E-state index contributed by atoms with van der Waals surface area (Å²) in [6, 6.07) is -0.305.